The summed E-state index contributed by atoms with van der Waals surface area (Å²) in [7, 11) is 1.63. The molecule has 0 fully saturated rings. The molecule has 188 valence electrons. The largest absolute Gasteiger partial charge is 0.481 e. The van der Waals surface area contributed by atoms with Crippen LogP contribution in [0.3, 0.4) is 0 Å². The third-order valence-corrected chi connectivity index (χ3v) is 6.89. The second-order valence-electron chi connectivity index (χ2n) is 9.54. The fraction of sp³-hybridized carbons (Fsp3) is 0.464. The average molecular weight is 481 g/mol. The van der Waals surface area contributed by atoms with Crippen molar-refractivity contribution in [1.82, 2.24) is 10.2 Å². The Morgan fingerprint density at radius 3 is 2.14 bits per heavy atom. The monoisotopic (exact) mass is 480 g/mol. The van der Waals surface area contributed by atoms with Crippen LogP contribution in [-0.4, -0.2) is 54.7 Å². The van der Waals surface area contributed by atoms with Crippen LogP contribution >= 0.6 is 0 Å². The predicted molar refractivity (Wildman–Crippen MR) is 135 cm³/mol. The fourth-order valence-electron chi connectivity index (χ4n) is 4.71. The lowest BCUT2D eigenvalue weighted by Gasteiger charge is -2.23. The molecule has 2 amide bonds. The van der Waals surface area contributed by atoms with Crippen LogP contribution in [0.4, 0.5) is 4.79 Å². The smallest absolute Gasteiger partial charge is 0.407 e. The molecule has 35 heavy (non-hydrogen) atoms. The van der Waals surface area contributed by atoms with Crippen LogP contribution in [0.5, 0.6) is 0 Å². The number of carbonyl (C=O) groups excluding carboxylic acids is 2. The van der Waals surface area contributed by atoms with E-state index in [0.29, 0.717) is 25.3 Å². The highest BCUT2D eigenvalue weighted by Gasteiger charge is 2.29. The maximum Gasteiger partial charge on any atom is 0.407 e. The molecule has 2 N–H and O–H groups in total. The number of carboxylic acids is 1. The number of carbonyl (C=O) groups is 3. The number of fused-ring (bicyclic) bond motifs is 3. The molecule has 0 aromatic heterocycles. The quantitative estimate of drug-likeness (QED) is 0.450. The Morgan fingerprint density at radius 2 is 1.57 bits per heavy atom. The van der Waals surface area contributed by atoms with Gasteiger partial charge in [0.1, 0.15) is 6.61 Å². The molecule has 0 spiro atoms. The zero-order valence-electron chi connectivity index (χ0n) is 20.8. The molecule has 0 radical (unpaired) electrons. The summed E-state index contributed by atoms with van der Waals surface area (Å²) in [5.74, 6) is -0.316. The zero-order valence-corrected chi connectivity index (χ0v) is 20.8. The number of hydrogen-bond donors (Lipinski definition) is 2. The van der Waals surface area contributed by atoms with Gasteiger partial charge in [-0.15, -0.1) is 0 Å². The van der Waals surface area contributed by atoms with Crippen molar-refractivity contribution in [1.29, 1.82) is 0 Å². The lowest BCUT2D eigenvalue weighted by Crippen LogP contribution is -2.31. The Balaban J connectivity index is 1.44. The van der Waals surface area contributed by atoms with E-state index >= 15 is 0 Å². The van der Waals surface area contributed by atoms with Crippen LogP contribution in [0.2, 0.25) is 0 Å². The number of carboxylic acid groups (broad SMARTS) is 1. The van der Waals surface area contributed by atoms with Gasteiger partial charge in [-0.2, -0.15) is 0 Å². The van der Waals surface area contributed by atoms with Gasteiger partial charge >= 0.3 is 12.1 Å². The standard InChI is InChI=1S/C28H36N2O5/c1-19(2)20(12-13-26(31)30(3)17-15-27(32)33)14-16-29-28(34)35-18-25-23-10-6-4-8-21(23)22-9-5-7-11-24(22)25/h4-11,19-20,25H,12-18H2,1-3H3,(H,29,34)(H,32,33). The van der Waals surface area contributed by atoms with E-state index in [1.165, 1.54) is 27.2 Å². The summed E-state index contributed by atoms with van der Waals surface area (Å²) in [5.41, 5.74) is 4.75. The molecule has 0 saturated carbocycles. The van der Waals surface area contributed by atoms with E-state index in [1.54, 1.807) is 7.05 Å². The minimum Gasteiger partial charge on any atom is -0.481 e. The highest BCUT2D eigenvalue weighted by molar-refractivity contribution is 5.79. The topological polar surface area (TPSA) is 95.9 Å². The molecule has 1 unspecified atom stereocenters. The summed E-state index contributed by atoms with van der Waals surface area (Å²) in [6, 6.07) is 16.5. The third-order valence-electron chi connectivity index (χ3n) is 6.89. The predicted octanol–water partition coefficient (Wildman–Crippen LogP) is 4.90. The van der Waals surface area contributed by atoms with Crippen molar-refractivity contribution >= 4 is 18.0 Å². The molecular weight excluding hydrogens is 444 g/mol. The van der Waals surface area contributed by atoms with Crippen LogP contribution in [0.25, 0.3) is 11.1 Å². The van der Waals surface area contributed by atoms with Gasteiger partial charge in [0.25, 0.3) is 0 Å². The average Bonchev–Trinajstić information content (AvgIpc) is 3.16. The molecule has 1 atom stereocenters. The number of alkyl carbamates (subject to hydrolysis) is 1. The van der Waals surface area contributed by atoms with Gasteiger partial charge in [0, 0.05) is 32.5 Å². The molecule has 3 rings (SSSR count). The Morgan fingerprint density at radius 1 is 0.971 bits per heavy atom. The van der Waals surface area contributed by atoms with E-state index < -0.39 is 12.1 Å². The Labute approximate surface area is 207 Å². The van der Waals surface area contributed by atoms with E-state index in [-0.39, 0.29) is 37.3 Å². The molecule has 1 aliphatic rings. The highest BCUT2D eigenvalue weighted by atomic mass is 16.5. The van der Waals surface area contributed by atoms with Crippen molar-refractivity contribution in [3.63, 3.8) is 0 Å². The van der Waals surface area contributed by atoms with Gasteiger partial charge in [-0.25, -0.2) is 4.79 Å². The van der Waals surface area contributed by atoms with E-state index in [4.69, 9.17) is 9.84 Å². The summed E-state index contributed by atoms with van der Waals surface area (Å²) in [5, 5.41) is 11.6. The van der Waals surface area contributed by atoms with Crippen LogP contribution < -0.4 is 5.32 Å². The van der Waals surface area contributed by atoms with Gasteiger partial charge in [-0.1, -0.05) is 62.4 Å². The maximum absolute atomic E-state index is 12.4. The van der Waals surface area contributed by atoms with E-state index in [0.717, 1.165) is 6.42 Å². The van der Waals surface area contributed by atoms with Crippen molar-refractivity contribution < 1.29 is 24.2 Å². The zero-order chi connectivity index (χ0) is 25.4. The molecule has 0 aliphatic heterocycles. The first-order valence-electron chi connectivity index (χ1n) is 12.3. The maximum atomic E-state index is 12.4. The summed E-state index contributed by atoms with van der Waals surface area (Å²) in [6.07, 6.45) is 1.32. The van der Waals surface area contributed by atoms with E-state index in [9.17, 15) is 14.4 Å². The molecule has 0 saturated heterocycles. The van der Waals surface area contributed by atoms with Gasteiger partial charge in [0.05, 0.1) is 6.42 Å². The number of rotatable bonds is 12. The Bertz CT molecular complexity index is 990. The van der Waals surface area contributed by atoms with Crippen LogP contribution in [-0.2, 0) is 14.3 Å². The summed E-state index contributed by atoms with van der Waals surface area (Å²) < 4.78 is 5.60. The van der Waals surface area contributed by atoms with Crippen LogP contribution in [0, 0.1) is 11.8 Å². The Kier molecular flexibility index (Phi) is 9.29. The lowest BCUT2D eigenvalue weighted by molar-refractivity contribution is -0.138. The number of nitrogens with zero attached hydrogens (tertiary/aromatic N) is 1. The number of benzene rings is 2. The van der Waals surface area contributed by atoms with Crippen molar-refractivity contribution in [2.45, 2.75) is 45.4 Å². The molecule has 2 aromatic rings. The normalized spacial score (nSPS) is 13.1. The molecule has 0 heterocycles. The fourth-order valence-corrected chi connectivity index (χ4v) is 4.71. The van der Waals surface area contributed by atoms with Gasteiger partial charge in [-0.3, -0.25) is 9.59 Å². The first-order valence-corrected chi connectivity index (χ1v) is 12.3. The van der Waals surface area contributed by atoms with E-state index in [1.807, 2.05) is 24.3 Å². The second-order valence-corrected chi connectivity index (χ2v) is 9.54. The molecule has 7 nitrogen and oxygen atoms in total. The summed E-state index contributed by atoms with van der Waals surface area (Å²) in [6.45, 7) is 5.18. The lowest BCUT2D eigenvalue weighted by atomic mass is 9.88. The molecule has 2 aromatic carbocycles. The number of aliphatic carboxylic acids is 1. The summed E-state index contributed by atoms with van der Waals surface area (Å²) >= 11 is 0. The van der Waals surface area contributed by atoms with Crippen molar-refractivity contribution in [3.8, 4) is 11.1 Å². The van der Waals surface area contributed by atoms with Crippen molar-refractivity contribution in [2.75, 3.05) is 26.7 Å². The number of nitrogens with one attached hydrogen (secondary N) is 1. The highest BCUT2D eigenvalue weighted by Crippen LogP contribution is 2.44. The van der Waals surface area contributed by atoms with Gasteiger partial charge in [0.2, 0.25) is 5.91 Å². The molecule has 0 bridgehead atoms. The van der Waals surface area contributed by atoms with Gasteiger partial charge < -0.3 is 20.1 Å². The number of ether oxygens (including phenoxy) is 1. The number of hydrogen-bond acceptors (Lipinski definition) is 4. The molecular formula is C28H36N2O5. The minimum atomic E-state index is -0.913. The first kappa shape index (κ1) is 26.3. The van der Waals surface area contributed by atoms with Gasteiger partial charge in [0.15, 0.2) is 0 Å². The van der Waals surface area contributed by atoms with Crippen molar-refractivity contribution in [3.05, 3.63) is 59.7 Å². The van der Waals surface area contributed by atoms with E-state index in [2.05, 4.69) is 43.4 Å². The SMILES string of the molecule is CC(C)C(CCNC(=O)OCC1c2ccccc2-c2ccccc21)CCC(=O)N(C)CCC(=O)O. The summed E-state index contributed by atoms with van der Waals surface area (Å²) in [4.78, 5) is 36.9. The first-order chi connectivity index (χ1) is 16.8. The third kappa shape index (κ3) is 7.07. The van der Waals surface area contributed by atoms with Gasteiger partial charge in [-0.05, 0) is 46.9 Å². The molecule has 1 aliphatic carbocycles. The van der Waals surface area contributed by atoms with Crippen LogP contribution in [0.15, 0.2) is 48.5 Å². The second kappa shape index (κ2) is 12.4. The van der Waals surface area contributed by atoms with Crippen molar-refractivity contribution in [2.24, 2.45) is 11.8 Å². The van der Waals surface area contributed by atoms with Crippen LogP contribution in [0.1, 0.15) is 56.6 Å². The Hall–Kier alpha value is -3.35. The number of amides is 2. The molecule has 7 heteroatoms. The minimum absolute atomic E-state index is 0.0284.